The Morgan fingerprint density at radius 3 is 2.86 bits per heavy atom. The second kappa shape index (κ2) is 5.54. The first-order valence-corrected chi connectivity index (χ1v) is 8.66. The van der Waals surface area contributed by atoms with E-state index >= 15 is 0 Å². The van der Waals surface area contributed by atoms with E-state index in [2.05, 4.69) is 16.4 Å². The Kier molecular flexibility index (Phi) is 3.53. The zero-order valence-electron chi connectivity index (χ0n) is 12.9. The molecule has 1 fully saturated rings. The molecular weight excluding hydrogens is 296 g/mol. The van der Waals surface area contributed by atoms with Crippen LogP contribution in [-0.2, 0) is 0 Å². The predicted octanol–water partition coefficient (Wildman–Crippen LogP) is 3.73. The summed E-state index contributed by atoms with van der Waals surface area (Å²) < 4.78 is 11.0. The number of aliphatic imine (C=N–C) groups is 1. The molecule has 2 atom stereocenters. The van der Waals surface area contributed by atoms with E-state index in [9.17, 15) is 0 Å². The number of amidine groups is 1. The van der Waals surface area contributed by atoms with Crippen molar-refractivity contribution in [2.45, 2.75) is 37.8 Å². The monoisotopic (exact) mass is 316 g/mol. The molecule has 0 saturated heterocycles. The van der Waals surface area contributed by atoms with Crippen LogP contribution >= 0.6 is 11.8 Å². The molecule has 0 aromatic heterocycles. The third-order valence-corrected chi connectivity index (χ3v) is 5.58. The van der Waals surface area contributed by atoms with E-state index in [0.29, 0.717) is 12.1 Å². The van der Waals surface area contributed by atoms with E-state index < -0.39 is 0 Å². The van der Waals surface area contributed by atoms with Crippen LogP contribution in [0.4, 0.5) is 0 Å². The Hall–Kier alpha value is -1.62. The van der Waals surface area contributed by atoms with Crippen LogP contribution in [-0.4, -0.2) is 36.4 Å². The Labute approximate surface area is 135 Å². The van der Waals surface area contributed by atoms with E-state index in [4.69, 9.17) is 14.5 Å². The van der Waals surface area contributed by atoms with Crippen molar-refractivity contribution in [3.05, 3.63) is 29.2 Å². The third-order valence-electron chi connectivity index (χ3n) is 4.73. The van der Waals surface area contributed by atoms with Crippen molar-refractivity contribution < 1.29 is 9.47 Å². The van der Waals surface area contributed by atoms with Crippen molar-refractivity contribution in [2.75, 3.05) is 14.2 Å². The van der Waals surface area contributed by atoms with Gasteiger partial charge in [0.15, 0.2) is 5.17 Å². The molecule has 1 aromatic carbocycles. The lowest BCUT2D eigenvalue weighted by atomic mass is 9.90. The number of methoxy groups -OCH3 is 2. The lowest BCUT2D eigenvalue weighted by Crippen LogP contribution is -2.38. The van der Waals surface area contributed by atoms with Crippen molar-refractivity contribution in [2.24, 2.45) is 4.99 Å². The molecule has 0 spiro atoms. The summed E-state index contributed by atoms with van der Waals surface area (Å²) in [7, 11) is 3.42. The summed E-state index contributed by atoms with van der Waals surface area (Å²) in [5.74, 6) is 1.74. The smallest absolute Gasteiger partial charge is 0.168 e. The minimum absolute atomic E-state index is 0.469. The standard InChI is InChI=1S/C17H20N2O2S/c1-20-11-7-8-16(21-2)12(9-11)15-10-22-17-18-13-5-3-4-6-14(13)19(15)17/h7-10,13-14H,3-6H2,1-2H3/t13-,14-/m0/s1. The molecule has 3 aliphatic rings. The van der Waals surface area contributed by atoms with Crippen LogP contribution in [0.1, 0.15) is 31.2 Å². The second-order valence-corrected chi connectivity index (χ2v) is 6.72. The summed E-state index contributed by atoms with van der Waals surface area (Å²) in [4.78, 5) is 7.35. The van der Waals surface area contributed by atoms with Gasteiger partial charge in [0.05, 0.1) is 32.0 Å². The molecule has 2 heterocycles. The highest BCUT2D eigenvalue weighted by Gasteiger charge is 2.42. The van der Waals surface area contributed by atoms with Crippen LogP contribution in [0.2, 0.25) is 0 Å². The van der Waals surface area contributed by atoms with E-state index in [1.165, 1.54) is 31.4 Å². The molecule has 0 bridgehead atoms. The molecule has 0 unspecified atom stereocenters. The SMILES string of the molecule is COc1ccc(OC)c(C2=CSC3=N[C@H]4CCCC[C@@H]4N23)c1. The van der Waals surface area contributed by atoms with E-state index in [1.807, 2.05) is 12.1 Å². The Morgan fingerprint density at radius 1 is 1.18 bits per heavy atom. The summed E-state index contributed by atoms with van der Waals surface area (Å²) in [6.07, 6.45) is 5.04. The number of hydrogen-bond acceptors (Lipinski definition) is 5. The maximum atomic E-state index is 5.57. The van der Waals surface area contributed by atoms with Gasteiger partial charge in [0.2, 0.25) is 0 Å². The maximum Gasteiger partial charge on any atom is 0.168 e. The van der Waals surface area contributed by atoms with Gasteiger partial charge in [-0.1, -0.05) is 24.6 Å². The van der Waals surface area contributed by atoms with E-state index in [0.717, 1.165) is 22.2 Å². The van der Waals surface area contributed by atoms with Gasteiger partial charge in [0, 0.05) is 11.0 Å². The van der Waals surface area contributed by atoms with Crippen molar-refractivity contribution in [1.29, 1.82) is 0 Å². The van der Waals surface area contributed by atoms with Gasteiger partial charge in [-0.15, -0.1) is 0 Å². The fourth-order valence-corrected chi connectivity index (χ4v) is 4.63. The Bertz CT molecular complexity index is 656. The molecule has 116 valence electrons. The maximum absolute atomic E-state index is 5.57. The molecule has 0 N–H and O–H groups in total. The average Bonchev–Trinajstić information content (AvgIpc) is 3.13. The summed E-state index contributed by atoms with van der Waals surface area (Å²) in [6, 6.07) is 6.96. The molecule has 22 heavy (non-hydrogen) atoms. The van der Waals surface area contributed by atoms with Gasteiger partial charge in [-0.3, -0.25) is 4.99 Å². The van der Waals surface area contributed by atoms with Crippen LogP contribution < -0.4 is 9.47 Å². The van der Waals surface area contributed by atoms with Crippen LogP contribution in [0.3, 0.4) is 0 Å². The fourth-order valence-electron chi connectivity index (χ4n) is 3.63. The molecule has 4 nitrogen and oxygen atoms in total. The van der Waals surface area contributed by atoms with Gasteiger partial charge in [-0.2, -0.15) is 0 Å². The fraction of sp³-hybridized carbons (Fsp3) is 0.471. The van der Waals surface area contributed by atoms with Crippen LogP contribution in [0.25, 0.3) is 5.70 Å². The van der Waals surface area contributed by atoms with Gasteiger partial charge >= 0.3 is 0 Å². The minimum Gasteiger partial charge on any atom is -0.497 e. The number of ether oxygens (including phenoxy) is 2. The van der Waals surface area contributed by atoms with Crippen LogP contribution in [0, 0.1) is 0 Å². The van der Waals surface area contributed by atoms with Gasteiger partial charge < -0.3 is 14.4 Å². The Balaban J connectivity index is 1.73. The second-order valence-electron chi connectivity index (χ2n) is 5.89. The van der Waals surface area contributed by atoms with Gasteiger partial charge in [-0.25, -0.2) is 0 Å². The number of nitrogens with zero attached hydrogens (tertiary/aromatic N) is 2. The zero-order chi connectivity index (χ0) is 15.1. The largest absolute Gasteiger partial charge is 0.497 e. The van der Waals surface area contributed by atoms with E-state index in [1.54, 1.807) is 26.0 Å². The number of fused-ring (bicyclic) bond motifs is 3. The summed E-state index contributed by atoms with van der Waals surface area (Å²) >= 11 is 1.73. The van der Waals surface area contributed by atoms with Crippen molar-refractivity contribution in [3.63, 3.8) is 0 Å². The van der Waals surface area contributed by atoms with Gasteiger partial charge in [-0.05, 0) is 31.0 Å². The quantitative estimate of drug-likeness (QED) is 0.851. The summed E-state index contributed by atoms with van der Waals surface area (Å²) in [5.41, 5.74) is 2.29. The highest BCUT2D eigenvalue weighted by molar-refractivity contribution is 8.16. The third kappa shape index (κ3) is 2.10. The molecule has 4 rings (SSSR count). The number of thioether (sulfide) groups is 1. The lowest BCUT2D eigenvalue weighted by Gasteiger charge is -2.32. The van der Waals surface area contributed by atoms with Crippen LogP contribution in [0.5, 0.6) is 11.5 Å². The first-order chi connectivity index (χ1) is 10.8. The highest BCUT2D eigenvalue weighted by atomic mass is 32.2. The normalized spacial score (nSPS) is 26.2. The molecule has 1 aromatic rings. The van der Waals surface area contributed by atoms with Gasteiger partial charge in [0.25, 0.3) is 0 Å². The minimum atomic E-state index is 0.469. The average molecular weight is 316 g/mol. The molecule has 1 saturated carbocycles. The topological polar surface area (TPSA) is 34.1 Å². The highest BCUT2D eigenvalue weighted by Crippen LogP contribution is 2.46. The van der Waals surface area contributed by atoms with Crippen LogP contribution in [0.15, 0.2) is 28.6 Å². The van der Waals surface area contributed by atoms with Gasteiger partial charge in [0.1, 0.15) is 11.5 Å². The first kappa shape index (κ1) is 14.0. The predicted molar refractivity (Wildman–Crippen MR) is 90.4 cm³/mol. The van der Waals surface area contributed by atoms with Crippen molar-refractivity contribution in [3.8, 4) is 11.5 Å². The van der Waals surface area contributed by atoms with Crippen molar-refractivity contribution >= 4 is 22.6 Å². The molecule has 0 radical (unpaired) electrons. The van der Waals surface area contributed by atoms with E-state index in [-0.39, 0.29) is 0 Å². The Morgan fingerprint density at radius 2 is 2.05 bits per heavy atom. The van der Waals surface area contributed by atoms with Crippen molar-refractivity contribution in [1.82, 2.24) is 4.90 Å². The molecular formula is C17H20N2O2S. The summed E-state index contributed by atoms with van der Waals surface area (Å²) in [5, 5.41) is 3.35. The zero-order valence-corrected chi connectivity index (χ0v) is 13.7. The number of benzene rings is 1. The number of hydrogen-bond donors (Lipinski definition) is 0. The molecule has 2 aliphatic heterocycles. The first-order valence-electron chi connectivity index (χ1n) is 7.78. The number of rotatable bonds is 3. The molecule has 5 heteroatoms. The lowest BCUT2D eigenvalue weighted by molar-refractivity contribution is 0.304. The molecule has 1 aliphatic carbocycles. The summed E-state index contributed by atoms with van der Waals surface area (Å²) in [6.45, 7) is 0. The molecule has 0 amide bonds.